The highest BCUT2D eigenvalue weighted by molar-refractivity contribution is 9.10. The van der Waals surface area contributed by atoms with E-state index < -0.39 is 0 Å². The molecule has 0 bridgehead atoms. The van der Waals surface area contributed by atoms with Gasteiger partial charge in [-0.3, -0.25) is 4.79 Å². The summed E-state index contributed by atoms with van der Waals surface area (Å²) in [7, 11) is 0. The minimum atomic E-state index is -0.306. The molecule has 0 saturated carbocycles. The molecule has 4 aromatic rings. The van der Waals surface area contributed by atoms with E-state index >= 15 is 0 Å². The molecule has 25 heavy (non-hydrogen) atoms. The zero-order valence-corrected chi connectivity index (χ0v) is 16.2. The number of thiazole rings is 1. The molecule has 2 heterocycles. The van der Waals surface area contributed by atoms with Gasteiger partial charge in [-0.1, -0.05) is 34.1 Å². The molecule has 0 saturated heterocycles. The molecular weight excluding hydrogens is 418 g/mol. The molecule has 0 atom stereocenters. The average molecular weight is 430 g/mol. The Labute approximate surface area is 161 Å². The molecule has 0 radical (unpaired) electrons. The molecular formula is C19H12BrNO2S2. The van der Waals surface area contributed by atoms with Crippen molar-refractivity contribution in [2.24, 2.45) is 0 Å². The van der Waals surface area contributed by atoms with E-state index in [0.717, 1.165) is 30.8 Å². The number of rotatable bonds is 4. The highest BCUT2D eigenvalue weighted by atomic mass is 79.9. The Hall–Kier alpha value is -2.02. The van der Waals surface area contributed by atoms with Crippen LogP contribution in [0, 0.1) is 0 Å². The van der Waals surface area contributed by atoms with Gasteiger partial charge in [-0.05, 0) is 46.5 Å². The van der Waals surface area contributed by atoms with E-state index in [9.17, 15) is 4.79 Å². The number of thiophene rings is 1. The molecule has 124 valence electrons. The molecule has 0 unspecified atom stereocenters. The van der Waals surface area contributed by atoms with Crippen molar-refractivity contribution in [2.45, 2.75) is 6.42 Å². The number of nitrogens with zero attached hydrogens (tertiary/aromatic N) is 1. The first-order valence-electron chi connectivity index (χ1n) is 7.56. The monoisotopic (exact) mass is 429 g/mol. The lowest BCUT2D eigenvalue weighted by atomic mass is 10.1. The second-order valence-electron chi connectivity index (χ2n) is 5.43. The maximum Gasteiger partial charge on any atom is 0.317 e. The SMILES string of the molecule is O=C(Cc1csc(-c2cccs2)n1)Oc1ccc2cc(Br)ccc2c1. The van der Waals surface area contributed by atoms with E-state index in [1.54, 1.807) is 22.7 Å². The second-order valence-corrected chi connectivity index (χ2v) is 8.15. The Morgan fingerprint density at radius 2 is 1.92 bits per heavy atom. The van der Waals surface area contributed by atoms with E-state index in [1.165, 1.54) is 0 Å². The first-order chi connectivity index (χ1) is 12.2. The van der Waals surface area contributed by atoms with Crippen molar-refractivity contribution in [3.8, 4) is 15.6 Å². The van der Waals surface area contributed by atoms with Gasteiger partial charge in [0, 0.05) is 9.85 Å². The van der Waals surface area contributed by atoms with E-state index in [4.69, 9.17) is 4.74 Å². The number of halogens is 1. The number of carbonyl (C=O) groups is 1. The molecule has 0 spiro atoms. The molecule has 0 aliphatic heterocycles. The third-order valence-electron chi connectivity index (χ3n) is 3.61. The van der Waals surface area contributed by atoms with Gasteiger partial charge in [0.05, 0.1) is 17.0 Å². The fourth-order valence-corrected chi connectivity index (χ4v) is 4.49. The summed E-state index contributed by atoms with van der Waals surface area (Å²) in [6.45, 7) is 0. The van der Waals surface area contributed by atoms with Crippen LogP contribution in [0.5, 0.6) is 5.75 Å². The van der Waals surface area contributed by atoms with Crippen LogP contribution in [-0.2, 0) is 11.2 Å². The number of ether oxygens (including phenoxy) is 1. The minimum absolute atomic E-state index is 0.167. The van der Waals surface area contributed by atoms with Crippen LogP contribution in [0.1, 0.15) is 5.69 Å². The molecule has 2 aromatic heterocycles. The Morgan fingerprint density at radius 3 is 2.76 bits per heavy atom. The smallest absolute Gasteiger partial charge is 0.317 e. The fourth-order valence-electron chi connectivity index (χ4n) is 2.48. The van der Waals surface area contributed by atoms with Gasteiger partial charge in [-0.15, -0.1) is 22.7 Å². The molecule has 4 rings (SSSR count). The summed E-state index contributed by atoms with van der Waals surface area (Å²) in [6, 6.07) is 15.6. The fraction of sp³-hybridized carbons (Fsp3) is 0.0526. The van der Waals surface area contributed by atoms with Crippen LogP contribution >= 0.6 is 38.6 Å². The Kier molecular flexibility index (Phi) is 4.65. The number of aromatic nitrogens is 1. The van der Waals surface area contributed by atoms with Crippen molar-refractivity contribution in [3.63, 3.8) is 0 Å². The van der Waals surface area contributed by atoms with Crippen LogP contribution in [0.15, 0.2) is 63.8 Å². The third-order valence-corrected chi connectivity index (χ3v) is 6.04. The summed E-state index contributed by atoms with van der Waals surface area (Å²) in [6.07, 6.45) is 0.167. The number of hydrogen-bond acceptors (Lipinski definition) is 5. The minimum Gasteiger partial charge on any atom is -0.426 e. The molecule has 6 heteroatoms. The Balaban J connectivity index is 1.46. The van der Waals surface area contributed by atoms with Crippen LogP contribution in [0.3, 0.4) is 0 Å². The van der Waals surface area contributed by atoms with Crippen LogP contribution in [0.2, 0.25) is 0 Å². The number of carbonyl (C=O) groups excluding carboxylic acids is 1. The first-order valence-corrected chi connectivity index (χ1v) is 10.1. The van der Waals surface area contributed by atoms with Crippen molar-refractivity contribution in [1.29, 1.82) is 0 Å². The van der Waals surface area contributed by atoms with E-state index in [2.05, 4.69) is 20.9 Å². The van der Waals surface area contributed by atoms with Gasteiger partial charge in [0.2, 0.25) is 0 Å². The maximum absolute atomic E-state index is 12.2. The lowest BCUT2D eigenvalue weighted by molar-refractivity contribution is -0.133. The van der Waals surface area contributed by atoms with Gasteiger partial charge in [-0.25, -0.2) is 4.98 Å². The Morgan fingerprint density at radius 1 is 1.08 bits per heavy atom. The lowest BCUT2D eigenvalue weighted by Gasteiger charge is -2.05. The van der Waals surface area contributed by atoms with Crippen molar-refractivity contribution < 1.29 is 9.53 Å². The van der Waals surface area contributed by atoms with Gasteiger partial charge in [0.25, 0.3) is 0 Å². The molecule has 0 fully saturated rings. The van der Waals surface area contributed by atoms with Crippen molar-refractivity contribution in [2.75, 3.05) is 0 Å². The summed E-state index contributed by atoms with van der Waals surface area (Å²) in [5.41, 5.74) is 0.739. The van der Waals surface area contributed by atoms with Gasteiger partial charge < -0.3 is 4.74 Å². The zero-order chi connectivity index (χ0) is 17.2. The van der Waals surface area contributed by atoms with Crippen LogP contribution < -0.4 is 4.74 Å². The topological polar surface area (TPSA) is 39.2 Å². The summed E-state index contributed by atoms with van der Waals surface area (Å²) >= 11 is 6.64. The predicted octanol–water partition coefficient (Wildman–Crippen LogP) is 5.94. The van der Waals surface area contributed by atoms with E-state index in [1.807, 2.05) is 59.3 Å². The normalized spacial score (nSPS) is 10.9. The summed E-state index contributed by atoms with van der Waals surface area (Å²) < 4.78 is 6.50. The quantitative estimate of drug-likeness (QED) is 0.297. The summed E-state index contributed by atoms with van der Waals surface area (Å²) in [4.78, 5) is 17.8. The first kappa shape index (κ1) is 16.4. The number of benzene rings is 2. The number of fused-ring (bicyclic) bond motifs is 1. The van der Waals surface area contributed by atoms with Gasteiger partial charge in [0.1, 0.15) is 10.8 Å². The van der Waals surface area contributed by atoms with Crippen LogP contribution in [-0.4, -0.2) is 11.0 Å². The van der Waals surface area contributed by atoms with Crippen molar-refractivity contribution in [3.05, 3.63) is 69.5 Å². The highest BCUT2D eigenvalue weighted by Gasteiger charge is 2.12. The largest absolute Gasteiger partial charge is 0.426 e. The van der Waals surface area contributed by atoms with E-state index in [-0.39, 0.29) is 12.4 Å². The molecule has 0 aliphatic carbocycles. The molecule has 0 aliphatic rings. The van der Waals surface area contributed by atoms with Crippen LogP contribution in [0.25, 0.3) is 20.7 Å². The predicted molar refractivity (Wildman–Crippen MR) is 106 cm³/mol. The zero-order valence-electron chi connectivity index (χ0n) is 12.9. The van der Waals surface area contributed by atoms with Crippen LogP contribution in [0.4, 0.5) is 0 Å². The third kappa shape index (κ3) is 3.81. The standard InChI is InChI=1S/C19H12BrNO2S2/c20-14-5-3-13-9-16(6-4-12(13)8-14)23-18(22)10-15-11-25-19(21-15)17-2-1-7-24-17/h1-9,11H,10H2. The maximum atomic E-state index is 12.2. The number of esters is 1. The average Bonchev–Trinajstić information content (AvgIpc) is 3.26. The van der Waals surface area contributed by atoms with E-state index in [0.29, 0.717) is 5.75 Å². The molecule has 0 amide bonds. The second kappa shape index (κ2) is 7.07. The summed E-state index contributed by atoms with van der Waals surface area (Å²) in [5.74, 6) is 0.244. The van der Waals surface area contributed by atoms with Crippen molar-refractivity contribution >= 4 is 55.3 Å². The molecule has 3 nitrogen and oxygen atoms in total. The molecule has 2 aromatic carbocycles. The van der Waals surface area contributed by atoms with Gasteiger partial charge in [0.15, 0.2) is 0 Å². The van der Waals surface area contributed by atoms with Gasteiger partial charge in [-0.2, -0.15) is 0 Å². The highest BCUT2D eigenvalue weighted by Crippen LogP contribution is 2.28. The number of hydrogen-bond donors (Lipinski definition) is 0. The summed E-state index contributed by atoms with van der Waals surface area (Å²) in [5, 5.41) is 6.99. The molecule has 0 N–H and O–H groups in total. The lowest BCUT2D eigenvalue weighted by Crippen LogP contribution is -2.11. The van der Waals surface area contributed by atoms with Crippen molar-refractivity contribution in [1.82, 2.24) is 4.98 Å². The van der Waals surface area contributed by atoms with Gasteiger partial charge >= 0.3 is 5.97 Å². The Bertz CT molecular complexity index is 1040.